The van der Waals surface area contributed by atoms with Gasteiger partial charge in [-0.25, -0.2) is 0 Å². The van der Waals surface area contributed by atoms with Crippen LogP contribution >= 0.6 is 0 Å². The molecule has 18 heavy (non-hydrogen) atoms. The zero-order chi connectivity index (χ0) is 13.4. The SMILES string of the molecule is CCCCc1ccc(OCCC(C)(C)CN)cc1. The Balaban J connectivity index is 2.35. The molecule has 0 fully saturated rings. The van der Waals surface area contributed by atoms with E-state index in [1.54, 1.807) is 0 Å². The van der Waals surface area contributed by atoms with E-state index in [1.807, 2.05) is 0 Å². The number of unbranched alkanes of at least 4 members (excludes halogenated alkanes) is 1. The van der Waals surface area contributed by atoms with Crippen LogP contribution in [-0.2, 0) is 6.42 Å². The summed E-state index contributed by atoms with van der Waals surface area (Å²) >= 11 is 0. The van der Waals surface area contributed by atoms with E-state index in [0.29, 0.717) is 6.54 Å². The predicted molar refractivity (Wildman–Crippen MR) is 78.0 cm³/mol. The molecule has 0 amide bonds. The van der Waals surface area contributed by atoms with Crippen LogP contribution in [0.25, 0.3) is 0 Å². The second kappa shape index (κ2) is 7.42. The highest BCUT2D eigenvalue weighted by Crippen LogP contribution is 2.19. The molecule has 2 nitrogen and oxygen atoms in total. The molecule has 0 aromatic heterocycles. The van der Waals surface area contributed by atoms with E-state index >= 15 is 0 Å². The van der Waals surface area contributed by atoms with Gasteiger partial charge in [-0.3, -0.25) is 0 Å². The minimum atomic E-state index is 0.168. The van der Waals surface area contributed by atoms with Crippen LogP contribution in [0, 0.1) is 5.41 Å². The molecule has 0 heterocycles. The van der Waals surface area contributed by atoms with Gasteiger partial charge >= 0.3 is 0 Å². The summed E-state index contributed by atoms with van der Waals surface area (Å²) in [4.78, 5) is 0. The van der Waals surface area contributed by atoms with Crippen LogP contribution in [-0.4, -0.2) is 13.2 Å². The van der Waals surface area contributed by atoms with Crippen molar-refractivity contribution >= 4 is 0 Å². The molecule has 0 aliphatic rings. The van der Waals surface area contributed by atoms with Crippen molar-refractivity contribution in [3.63, 3.8) is 0 Å². The zero-order valence-electron chi connectivity index (χ0n) is 12.0. The molecule has 0 aliphatic carbocycles. The van der Waals surface area contributed by atoms with Gasteiger partial charge in [0.05, 0.1) is 6.61 Å². The van der Waals surface area contributed by atoms with Gasteiger partial charge in [-0.1, -0.05) is 39.3 Å². The van der Waals surface area contributed by atoms with E-state index in [4.69, 9.17) is 10.5 Å². The third-order valence-corrected chi connectivity index (χ3v) is 3.34. The highest BCUT2D eigenvalue weighted by Gasteiger charge is 2.15. The Morgan fingerprint density at radius 2 is 1.83 bits per heavy atom. The van der Waals surface area contributed by atoms with Gasteiger partial charge in [-0.05, 0) is 48.9 Å². The van der Waals surface area contributed by atoms with Gasteiger partial charge in [0.1, 0.15) is 5.75 Å². The first-order valence-electron chi connectivity index (χ1n) is 6.99. The van der Waals surface area contributed by atoms with Gasteiger partial charge in [0.15, 0.2) is 0 Å². The number of hydrogen-bond acceptors (Lipinski definition) is 2. The highest BCUT2D eigenvalue weighted by molar-refractivity contribution is 5.27. The molecule has 0 radical (unpaired) electrons. The molecule has 0 saturated heterocycles. The molecular formula is C16H27NO. The molecule has 0 bridgehead atoms. The normalized spacial score (nSPS) is 11.6. The molecule has 0 spiro atoms. The lowest BCUT2D eigenvalue weighted by atomic mass is 9.90. The third-order valence-electron chi connectivity index (χ3n) is 3.34. The van der Waals surface area contributed by atoms with Crippen molar-refractivity contribution in [2.45, 2.75) is 46.5 Å². The Hall–Kier alpha value is -1.02. The smallest absolute Gasteiger partial charge is 0.119 e. The summed E-state index contributed by atoms with van der Waals surface area (Å²) < 4.78 is 5.75. The van der Waals surface area contributed by atoms with E-state index in [2.05, 4.69) is 45.0 Å². The third kappa shape index (κ3) is 5.54. The summed E-state index contributed by atoms with van der Waals surface area (Å²) in [5.41, 5.74) is 7.26. The Labute approximate surface area is 112 Å². The fraction of sp³-hybridized carbons (Fsp3) is 0.625. The molecule has 0 saturated carbocycles. The summed E-state index contributed by atoms with van der Waals surface area (Å²) in [5, 5.41) is 0. The van der Waals surface area contributed by atoms with Crippen molar-refractivity contribution in [3.8, 4) is 5.75 Å². The maximum atomic E-state index is 5.75. The molecule has 1 rings (SSSR count). The largest absolute Gasteiger partial charge is 0.494 e. The highest BCUT2D eigenvalue weighted by atomic mass is 16.5. The van der Waals surface area contributed by atoms with E-state index in [9.17, 15) is 0 Å². The Morgan fingerprint density at radius 1 is 1.17 bits per heavy atom. The summed E-state index contributed by atoms with van der Waals surface area (Å²) in [6.07, 6.45) is 4.65. The lowest BCUT2D eigenvalue weighted by Gasteiger charge is -2.22. The second-order valence-corrected chi connectivity index (χ2v) is 5.71. The van der Waals surface area contributed by atoms with Crippen LogP contribution in [0.5, 0.6) is 5.75 Å². The molecular weight excluding hydrogens is 222 g/mol. The minimum Gasteiger partial charge on any atom is -0.494 e. The number of ether oxygens (including phenoxy) is 1. The molecule has 1 aromatic carbocycles. The van der Waals surface area contributed by atoms with Crippen molar-refractivity contribution in [1.29, 1.82) is 0 Å². The lowest BCUT2D eigenvalue weighted by Crippen LogP contribution is -2.25. The molecule has 1 aromatic rings. The van der Waals surface area contributed by atoms with Crippen LogP contribution < -0.4 is 10.5 Å². The minimum absolute atomic E-state index is 0.168. The number of hydrogen-bond donors (Lipinski definition) is 1. The predicted octanol–water partition coefficient (Wildman–Crippen LogP) is 3.78. The number of nitrogens with two attached hydrogens (primary N) is 1. The molecule has 2 N–H and O–H groups in total. The van der Waals surface area contributed by atoms with Crippen molar-refractivity contribution in [3.05, 3.63) is 29.8 Å². The number of aryl methyl sites for hydroxylation is 1. The molecule has 2 heteroatoms. The number of rotatable bonds is 8. The first-order valence-corrected chi connectivity index (χ1v) is 6.99. The maximum absolute atomic E-state index is 5.75. The monoisotopic (exact) mass is 249 g/mol. The molecule has 0 unspecified atom stereocenters. The van der Waals surface area contributed by atoms with Gasteiger partial charge in [-0.2, -0.15) is 0 Å². The van der Waals surface area contributed by atoms with Crippen molar-refractivity contribution < 1.29 is 4.74 Å². The fourth-order valence-corrected chi connectivity index (χ4v) is 1.68. The van der Waals surface area contributed by atoms with Crippen LogP contribution in [0.15, 0.2) is 24.3 Å². The average molecular weight is 249 g/mol. The van der Waals surface area contributed by atoms with Gasteiger partial charge in [0.2, 0.25) is 0 Å². The maximum Gasteiger partial charge on any atom is 0.119 e. The van der Waals surface area contributed by atoms with Crippen molar-refractivity contribution in [2.75, 3.05) is 13.2 Å². The molecule has 0 aliphatic heterocycles. The topological polar surface area (TPSA) is 35.2 Å². The van der Waals surface area contributed by atoms with E-state index in [0.717, 1.165) is 25.2 Å². The van der Waals surface area contributed by atoms with Crippen LogP contribution in [0.3, 0.4) is 0 Å². The average Bonchev–Trinajstić information content (AvgIpc) is 2.38. The summed E-state index contributed by atoms with van der Waals surface area (Å²) in [5.74, 6) is 0.961. The van der Waals surface area contributed by atoms with Crippen LogP contribution in [0.4, 0.5) is 0 Å². The second-order valence-electron chi connectivity index (χ2n) is 5.71. The molecule has 102 valence electrons. The van der Waals surface area contributed by atoms with Crippen molar-refractivity contribution in [2.24, 2.45) is 11.1 Å². The Morgan fingerprint density at radius 3 is 2.39 bits per heavy atom. The van der Waals surface area contributed by atoms with Gasteiger partial charge in [0.25, 0.3) is 0 Å². The first-order chi connectivity index (χ1) is 8.57. The van der Waals surface area contributed by atoms with Crippen molar-refractivity contribution in [1.82, 2.24) is 0 Å². The quantitative estimate of drug-likeness (QED) is 0.761. The Bertz CT molecular complexity index is 329. The standard InChI is InChI=1S/C16H27NO/c1-4-5-6-14-7-9-15(10-8-14)18-12-11-16(2,3)13-17/h7-10H,4-6,11-13,17H2,1-3H3. The summed E-state index contributed by atoms with van der Waals surface area (Å²) in [7, 11) is 0. The van der Waals surface area contributed by atoms with E-state index in [-0.39, 0.29) is 5.41 Å². The van der Waals surface area contributed by atoms with Crippen LogP contribution in [0.2, 0.25) is 0 Å². The fourth-order valence-electron chi connectivity index (χ4n) is 1.68. The lowest BCUT2D eigenvalue weighted by molar-refractivity contribution is 0.233. The van der Waals surface area contributed by atoms with Crippen LogP contribution in [0.1, 0.15) is 45.6 Å². The summed E-state index contributed by atoms with van der Waals surface area (Å²) in [6.45, 7) is 8.00. The number of benzene rings is 1. The first kappa shape index (κ1) is 15.0. The van der Waals surface area contributed by atoms with E-state index < -0.39 is 0 Å². The summed E-state index contributed by atoms with van der Waals surface area (Å²) in [6, 6.07) is 8.47. The zero-order valence-corrected chi connectivity index (χ0v) is 12.0. The van der Waals surface area contributed by atoms with Gasteiger partial charge in [0, 0.05) is 0 Å². The van der Waals surface area contributed by atoms with Gasteiger partial charge < -0.3 is 10.5 Å². The van der Waals surface area contributed by atoms with Gasteiger partial charge in [-0.15, -0.1) is 0 Å². The van der Waals surface area contributed by atoms with E-state index in [1.165, 1.54) is 18.4 Å². The Kier molecular flexibility index (Phi) is 6.20. The molecule has 0 atom stereocenters.